The van der Waals surface area contributed by atoms with Crippen molar-refractivity contribution in [3.05, 3.63) is 58.6 Å². The highest BCUT2D eigenvalue weighted by molar-refractivity contribution is 6.09. The predicted molar refractivity (Wildman–Crippen MR) is 98.6 cm³/mol. The number of fused-ring (bicyclic) bond motifs is 2. The molecule has 0 radical (unpaired) electrons. The van der Waals surface area contributed by atoms with Crippen LogP contribution < -0.4 is 9.64 Å². The molecule has 0 saturated carbocycles. The summed E-state index contributed by atoms with van der Waals surface area (Å²) in [6.45, 7) is 4.43. The van der Waals surface area contributed by atoms with Crippen LogP contribution in [-0.2, 0) is 6.42 Å². The molecule has 1 aliphatic heterocycles. The van der Waals surface area contributed by atoms with E-state index < -0.39 is 0 Å². The van der Waals surface area contributed by atoms with E-state index in [1.807, 2.05) is 19.1 Å². The van der Waals surface area contributed by atoms with Crippen LogP contribution in [0.2, 0.25) is 0 Å². The smallest absolute Gasteiger partial charge is 0.294 e. The molecule has 0 atom stereocenters. The van der Waals surface area contributed by atoms with Gasteiger partial charge < -0.3 is 14.1 Å². The Balaban J connectivity index is 1.84. The molecule has 0 aliphatic carbocycles. The minimum absolute atomic E-state index is 0.219. The van der Waals surface area contributed by atoms with Crippen molar-refractivity contribution in [3.8, 4) is 5.75 Å². The van der Waals surface area contributed by atoms with Crippen molar-refractivity contribution in [1.29, 1.82) is 0 Å². The second-order valence-corrected chi connectivity index (χ2v) is 6.67. The first kappa shape index (κ1) is 16.6. The van der Waals surface area contributed by atoms with Crippen LogP contribution in [0.4, 0.5) is 10.1 Å². The molecule has 4 rings (SSSR count). The number of amides is 1. The quantitative estimate of drug-likeness (QED) is 0.665. The van der Waals surface area contributed by atoms with Gasteiger partial charge in [0.25, 0.3) is 5.91 Å². The Morgan fingerprint density at radius 1 is 1.23 bits per heavy atom. The molecule has 0 N–H and O–H groups in total. The molecule has 26 heavy (non-hydrogen) atoms. The van der Waals surface area contributed by atoms with Crippen LogP contribution in [0.25, 0.3) is 11.0 Å². The van der Waals surface area contributed by atoms with E-state index >= 15 is 0 Å². The number of anilines is 1. The Hall–Kier alpha value is -2.82. The second-order valence-electron chi connectivity index (χ2n) is 6.67. The minimum Gasteiger partial charge on any atom is -0.495 e. The maximum atomic E-state index is 13.6. The third-order valence-electron chi connectivity index (χ3n) is 5.12. The van der Waals surface area contributed by atoms with Gasteiger partial charge in [0.2, 0.25) is 0 Å². The Bertz CT molecular complexity index is 1020. The van der Waals surface area contributed by atoms with E-state index in [4.69, 9.17) is 9.15 Å². The van der Waals surface area contributed by atoms with E-state index in [1.54, 1.807) is 25.0 Å². The summed E-state index contributed by atoms with van der Waals surface area (Å²) in [4.78, 5) is 15.0. The van der Waals surface area contributed by atoms with Crippen LogP contribution in [0.15, 0.2) is 34.7 Å². The van der Waals surface area contributed by atoms with Gasteiger partial charge >= 0.3 is 0 Å². The fraction of sp³-hybridized carbons (Fsp3) is 0.286. The molecule has 1 aliphatic rings. The fourth-order valence-electron chi connectivity index (χ4n) is 3.74. The number of carbonyl (C=O) groups is 1. The number of halogens is 1. The number of rotatable bonds is 2. The third kappa shape index (κ3) is 2.46. The standard InChI is InChI=1S/C21H20FNO3/c1-12-6-8-18(25-3)19-15(12)5-4-10-23(19)21(24)20-13(2)16-11-14(22)7-9-17(16)26-20/h6-9,11H,4-5,10H2,1-3H3. The number of methoxy groups -OCH3 is 1. The molecular weight excluding hydrogens is 333 g/mol. The Morgan fingerprint density at radius 2 is 2.04 bits per heavy atom. The molecule has 0 unspecified atom stereocenters. The van der Waals surface area contributed by atoms with Gasteiger partial charge in [-0.15, -0.1) is 0 Å². The van der Waals surface area contributed by atoms with Crippen molar-refractivity contribution < 1.29 is 18.3 Å². The summed E-state index contributed by atoms with van der Waals surface area (Å²) in [6, 6.07) is 8.20. The van der Waals surface area contributed by atoms with E-state index in [0.29, 0.717) is 28.8 Å². The number of ether oxygens (including phenoxy) is 1. The zero-order valence-electron chi connectivity index (χ0n) is 15.1. The average Bonchev–Trinajstić information content (AvgIpc) is 2.97. The molecule has 0 saturated heterocycles. The molecule has 3 aromatic rings. The lowest BCUT2D eigenvalue weighted by Gasteiger charge is -2.31. The number of nitrogens with zero attached hydrogens (tertiary/aromatic N) is 1. The van der Waals surface area contributed by atoms with Gasteiger partial charge in [0, 0.05) is 17.5 Å². The molecule has 134 valence electrons. The van der Waals surface area contributed by atoms with Gasteiger partial charge in [0.05, 0.1) is 12.8 Å². The number of carbonyl (C=O) groups excluding carboxylic acids is 1. The van der Waals surface area contributed by atoms with Gasteiger partial charge in [-0.2, -0.15) is 0 Å². The summed E-state index contributed by atoms with van der Waals surface area (Å²) in [6.07, 6.45) is 1.78. The lowest BCUT2D eigenvalue weighted by molar-refractivity contribution is 0.0959. The van der Waals surface area contributed by atoms with Gasteiger partial charge in [0.1, 0.15) is 17.1 Å². The highest BCUT2D eigenvalue weighted by Gasteiger charge is 2.31. The number of benzene rings is 2. The van der Waals surface area contributed by atoms with Crippen molar-refractivity contribution in [2.75, 3.05) is 18.6 Å². The van der Waals surface area contributed by atoms with E-state index in [1.165, 1.54) is 12.1 Å². The molecule has 1 aromatic heterocycles. The van der Waals surface area contributed by atoms with Gasteiger partial charge in [-0.1, -0.05) is 6.07 Å². The Labute approximate surface area is 151 Å². The van der Waals surface area contributed by atoms with Crippen molar-refractivity contribution >= 4 is 22.6 Å². The van der Waals surface area contributed by atoms with Crippen LogP contribution in [0.1, 0.15) is 33.7 Å². The number of furan rings is 1. The van der Waals surface area contributed by atoms with Gasteiger partial charge in [-0.3, -0.25) is 4.79 Å². The summed E-state index contributed by atoms with van der Waals surface area (Å²) in [5.41, 5.74) is 4.25. The maximum absolute atomic E-state index is 13.6. The van der Waals surface area contributed by atoms with E-state index in [9.17, 15) is 9.18 Å². The maximum Gasteiger partial charge on any atom is 0.294 e. The van der Waals surface area contributed by atoms with Gasteiger partial charge in [0.15, 0.2) is 5.76 Å². The lowest BCUT2D eigenvalue weighted by atomic mass is 9.96. The average molecular weight is 353 g/mol. The summed E-state index contributed by atoms with van der Waals surface area (Å²) in [5.74, 6) is 0.366. The second kappa shape index (κ2) is 6.16. The van der Waals surface area contributed by atoms with Crippen LogP contribution in [0, 0.1) is 19.7 Å². The van der Waals surface area contributed by atoms with Crippen LogP contribution in [-0.4, -0.2) is 19.6 Å². The SMILES string of the molecule is COc1ccc(C)c2c1N(C(=O)c1oc3ccc(F)cc3c1C)CCC2. The molecular formula is C21H20FNO3. The van der Waals surface area contributed by atoms with E-state index in [-0.39, 0.29) is 17.5 Å². The fourth-order valence-corrected chi connectivity index (χ4v) is 3.74. The van der Waals surface area contributed by atoms with Crippen molar-refractivity contribution in [2.24, 2.45) is 0 Å². The molecule has 5 heteroatoms. The highest BCUT2D eigenvalue weighted by atomic mass is 19.1. The van der Waals surface area contributed by atoms with Crippen molar-refractivity contribution in [3.63, 3.8) is 0 Å². The van der Waals surface area contributed by atoms with Crippen molar-refractivity contribution in [2.45, 2.75) is 26.7 Å². The van der Waals surface area contributed by atoms with Gasteiger partial charge in [-0.25, -0.2) is 4.39 Å². The molecule has 4 nitrogen and oxygen atoms in total. The third-order valence-corrected chi connectivity index (χ3v) is 5.12. The van der Waals surface area contributed by atoms with Crippen LogP contribution >= 0.6 is 0 Å². The van der Waals surface area contributed by atoms with E-state index in [2.05, 4.69) is 0 Å². The van der Waals surface area contributed by atoms with Crippen molar-refractivity contribution in [1.82, 2.24) is 0 Å². The molecule has 0 bridgehead atoms. The molecule has 1 amide bonds. The molecule has 0 fully saturated rings. The largest absolute Gasteiger partial charge is 0.495 e. The predicted octanol–water partition coefficient (Wildman–Crippen LogP) is 4.79. The Kier molecular flexibility index (Phi) is 3.94. The summed E-state index contributed by atoms with van der Waals surface area (Å²) < 4.78 is 24.9. The normalized spacial score (nSPS) is 13.8. The first-order valence-electron chi connectivity index (χ1n) is 8.68. The number of hydrogen-bond donors (Lipinski definition) is 0. The van der Waals surface area contributed by atoms with Crippen LogP contribution in [0.5, 0.6) is 5.75 Å². The van der Waals surface area contributed by atoms with Crippen LogP contribution in [0.3, 0.4) is 0 Å². The zero-order chi connectivity index (χ0) is 18.4. The summed E-state index contributed by atoms with van der Waals surface area (Å²) in [5, 5.41) is 0.627. The highest BCUT2D eigenvalue weighted by Crippen LogP contribution is 2.39. The number of hydrogen-bond acceptors (Lipinski definition) is 3. The monoisotopic (exact) mass is 353 g/mol. The summed E-state index contributed by atoms with van der Waals surface area (Å²) in [7, 11) is 1.61. The topological polar surface area (TPSA) is 42.7 Å². The first-order chi connectivity index (χ1) is 12.5. The first-order valence-corrected chi connectivity index (χ1v) is 8.68. The molecule has 0 spiro atoms. The lowest BCUT2D eigenvalue weighted by Crippen LogP contribution is -2.36. The minimum atomic E-state index is -0.346. The number of aryl methyl sites for hydroxylation is 2. The summed E-state index contributed by atoms with van der Waals surface area (Å²) >= 11 is 0. The zero-order valence-corrected chi connectivity index (χ0v) is 15.1. The Morgan fingerprint density at radius 3 is 2.81 bits per heavy atom. The molecule has 2 heterocycles. The molecule has 2 aromatic carbocycles. The van der Waals surface area contributed by atoms with Gasteiger partial charge in [-0.05, 0) is 62.1 Å². The van der Waals surface area contributed by atoms with E-state index in [0.717, 1.165) is 29.7 Å².